The summed E-state index contributed by atoms with van der Waals surface area (Å²) in [4.78, 5) is 32.9. The van der Waals surface area contributed by atoms with Gasteiger partial charge in [-0.15, -0.1) is 11.3 Å². The minimum Gasteiger partial charge on any atom is -0.497 e. The molecular weight excluding hydrogens is 597 g/mol. The van der Waals surface area contributed by atoms with Crippen molar-refractivity contribution in [3.8, 4) is 5.75 Å². The number of sulfone groups is 1. The molecule has 0 saturated carbocycles. The molecule has 0 bridgehead atoms. The molecule has 1 aliphatic heterocycles. The van der Waals surface area contributed by atoms with Crippen LogP contribution in [0.25, 0.3) is 0 Å². The number of methoxy groups -OCH3 is 1. The van der Waals surface area contributed by atoms with Crippen molar-refractivity contribution in [1.29, 1.82) is 0 Å². The smallest absolute Gasteiger partial charge is 0.255 e. The van der Waals surface area contributed by atoms with Gasteiger partial charge >= 0.3 is 0 Å². The van der Waals surface area contributed by atoms with E-state index >= 15 is 0 Å². The van der Waals surface area contributed by atoms with Crippen LogP contribution in [0.3, 0.4) is 0 Å². The fourth-order valence-corrected chi connectivity index (χ4v) is 7.92. The summed E-state index contributed by atoms with van der Waals surface area (Å²) in [7, 11) is -1.82. The average molecular weight is 633 g/mol. The number of nitrogens with zero attached hydrogens (tertiary/aromatic N) is 2. The minimum atomic E-state index is -3.46. The van der Waals surface area contributed by atoms with Crippen molar-refractivity contribution < 1.29 is 22.7 Å². The number of aryl methyl sites for hydroxylation is 1. The maximum absolute atomic E-state index is 13.6. The molecule has 0 aliphatic carbocycles. The van der Waals surface area contributed by atoms with E-state index in [1.54, 1.807) is 25.3 Å². The Bertz CT molecular complexity index is 1710. The normalized spacial score (nSPS) is 16.4. The zero-order chi connectivity index (χ0) is 31.1. The van der Waals surface area contributed by atoms with Crippen molar-refractivity contribution in [1.82, 2.24) is 20.5 Å². The summed E-state index contributed by atoms with van der Waals surface area (Å²) in [6.07, 6.45) is 1.33. The van der Waals surface area contributed by atoms with Gasteiger partial charge < -0.3 is 20.3 Å². The molecule has 0 radical (unpaired) electrons. The van der Waals surface area contributed by atoms with Gasteiger partial charge in [0.05, 0.1) is 18.9 Å². The van der Waals surface area contributed by atoms with E-state index in [1.165, 1.54) is 22.3 Å². The van der Waals surface area contributed by atoms with Crippen molar-refractivity contribution in [3.05, 3.63) is 117 Å². The van der Waals surface area contributed by atoms with Gasteiger partial charge in [-0.3, -0.25) is 9.59 Å². The Hall–Kier alpha value is -4.06. The average Bonchev–Trinajstić information content (AvgIpc) is 3.61. The number of aromatic nitrogens is 1. The van der Waals surface area contributed by atoms with Crippen molar-refractivity contribution in [2.24, 2.45) is 0 Å². The molecule has 44 heavy (non-hydrogen) atoms. The number of hydrogen-bond acceptors (Lipinski definition) is 8. The number of ether oxygens (including phenoxy) is 1. The van der Waals surface area contributed by atoms with Gasteiger partial charge in [-0.05, 0) is 67.8 Å². The molecule has 5 rings (SSSR count). The first-order valence-corrected chi connectivity index (χ1v) is 17.1. The molecule has 4 aromatic rings. The number of hydrogen-bond donors (Lipinski definition) is 2. The highest BCUT2D eigenvalue weighted by atomic mass is 32.2. The molecule has 11 heteroatoms. The van der Waals surface area contributed by atoms with E-state index < -0.39 is 21.8 Å². The maximum atomic E-state index is 13.6. The molecule has 1 aliphatic rings. The largest absolute Gasteiger partial charge is 0.497 e. The van der Waals surface area contributed by atoms with Gasteiger partial charge in [0.2, 0.25) is 0 Å². The third-order valence-electron chi connectivity index (χ3n) is 7.47. The van der Waals surface area contributed by atoms with E-state index in [9.17, 15) is 18.0 Å². The van der Waals surface area contributed by atoms with Crippen LogP contribution < -0.4 is 15.4 Å². The molecule has 1 saturated heterocycles. The molecule has 2 heterocycles. The Morgan fingerprint density at radius 2 is 1.77 bits per heavy atom. The second-order valence-electron chi connectivity index (χ2n) is 10.9. The molecular formula is C33H36N4O5S2. The zero-order valence-corrected chi connectivity index (χ0v) is 26.4. The van der Waals surface area contributed by atoms with Crippen molar-refractivity contribution in [2.75, 3.05) is 25.3 Å². The van der Waals surface area contributed by atoms with Crippen molar-refractivity contribution in [3.63, 3.8) is 0 Å². The Morgan fingerprint density at radius 3 is 2.52 bits per heavy atom. The van der Waals surface area contributed by atoms with Gasteiger partial charge in [0.25, 0.3) is 11.8 Å². The first kappa shape index (κ1) is 31.4. The standard InChI is InChI=1S/C33H36N4O5S2/c1-23-20-43-32(35-23)30-21-44(40,41)22-37(30)33(39)27-12-7-11-26(18-27)31(38)36-28(16-24-8-4-3-5-9-24)14-15-34-19-25-10-6-13-29(17-25)42-2/h3-13,17-18,20,28,30,34H,14-16,19,21-22H2,1-2H3,(H,36,38)/t28-,30-/m1/s1. The number of thiazole rings is 1. The summed E-state index contributed by atoms with van der Waals surface area (Å²) < 4.78 is 30.4. The summed E-state index contributed by atoms with van der Waals surface area (Å²) in [6.45, 7) is 3.18. The topological polar surface area (TPSA) is 118 Å². The third-order valence-corrected chi connectivity index (χ3v) is 10.0. The SMILES string of the molecule is COc1cccc(CNCC[C@H](Cc2ccccc2)NC(=O)c2cccc(C(=O)N3CS(=O)(=O)C[C@@H]3c3nc(C)cs3)c2)c1. The summed E-state index contributed by atoms with van der Waals surface area (Å²) >= 11 is 1.34. The molecule has 2 N–H and O–H groups in total. The molecule has 0 spiro atoms. The molecule has 2 atom stereocenters. The van der Waals surface area contributed by atoms with Crippen LogP contribution in [-0.4, -0.2) is 61.4 Å². The lowest BCUT2D eigenvalue weighted by Crippen LogP contribution is -2.38. The third kappa shape index (κ3) is 8.10. The van der Waals surface area contributed by atoms with Crippen LogP contribution in [0.15, 0.2) is 84.2 Å². The highest BCUT2D eigenvalue weighted by Gasteiger charge is 2.41. The van der Waals surface area contributed by atoms with Crippen LogP contribution >= 0.6 is 11.3 Å². The van der Waals surface area contributed by atoms with E-state index in [0.29, 0.717) is 36.5 Å². The summed E-state index contributed by atoms with van der Waals surface area (Å²) in [5.41, 5.74) is 3.58. The van der Waals surface area contributed by atoms with Crippen LogP contribution in [0.1, 0.15) is 55.0 Å². The fraction of sp³-hybridized carbons (Fsp3) is 0.303. The van der Waals surface area contributed by atoms with Gasteiger partial charge in [-0.1, -0.05) is 48.5 Å². The van der Waals surface area contributed by atoms with Gasteiger partial charge in [0, 0.05) is 34.8 Å². The molecule has 1 fully saturated rings. The second kappa shape index (κ2) is 14.1. The first-order valence-electron chi connectivity index (χ1n) is 14.4. The first-order chi connectivity index (χ1) is 21.2. The number of carbonyl (C=O) groups excluding carboxylic acids is 2. The number of amides is 2. The van der Waals surface area contributed by atoms with E-state index in [-0.39, 0.29) is 29.1 Å². The lowest BCUT2D eigenvalue weighted by Gasteiger charge is -2.22. The van der Waals surface area contributed by atoms with Crippen LogP contribution in [0.4, 0.5) is 0 Å². The molecule has 2 amide bonds. The van der Waals surface area contributed by atoms with E-state index in [1.807, 2.05) is 66.9 Å². The highest BCUT2D eigenvalue weighted by Crippen LogP contribution is 2.33. The monoisotopic (exact) mass is 632 g/mol. The number of carbonyl (C=O) groups is 2. The quantitative estimate of drug-likeness (QED) is 0.220. The Balaban J connectivity index is 1.27. The van der Waals surface area contributed by atoms with Crippen molar-refractivity contribution >= 4 is 33.0 Å². The van der Waals surface area contributed by atoms with E-state index in [2.05, 4.69) is 15.6 Å². The van der Waals surface area contributed by atoms with Crippen LogP contribution in [0.2, 0.25) is 0 Å². The number of benzene rings is 3. The van der Waals surface area contributed by atoms with Crippen LogP contribution in [-0.2, 0) is 22.8 Å². The maximum Gasteiger partial charge on any atom is 0.255 e. The molecule has 9 nitrogen and oxygen atoms in total. The molecule has 1 aromatic heterocycles. The number of rotatable bonds is 12. The number of nitrogens with one attached hydrogen (secondary N) is 2. The minimum absolute atomic E-state index is 0.164. The summed E-state index contributed by atoms with van der Waals surface area (Å²) in [5.74, 6) is -0.484. The van der Waals surface area contributed by atoms with E-state index in [4.69, 9.17) is 4.74 Å². The predicted octanol–water partition coefficient (Wildman–Crippen LogP) is 4.55. The zero-order valence-electron chi connectivity index (χ0n) is 24.7. The lowest BCUT2D eigenvalue weighted by atomic mass is 10.0. The lowest BCUT2D eigenvalue weighted by molar-refractivity contribution is 0.0745. The second-order valence-corrected chi connectivity index (χ2v) is 13.9. The van der Waals surface area contributed by atoms with Gasteiger partial charge in [-0.2, -0.15) is 0 Å². The molecule has 3 aromatic carbocycles. The molecule has 0 unspecified atom stereocenters. The van der Waals surface area contributed by atoms with Gasteiger partial charge in [0.15, 0.2) is 9.84 Å². The van der Waals surface area contributed by atoms with Crippen LogP contribution in [0.5, 0.6) is 5.75 Å². The predicted molar refractivity (Wildman–Crippen MR) is 172 cm³/mol. The fourth-order valence-electron chi connectivity index (χ4n) is 5.26. The van der Waals surface area contributed by atoms with Gasteiger partial charge in [0.1, 0.15) is 16.6 Å². The molecule has 230 valence electrons. The van der Waals surface area contributed by atoms with Crippen LogP contribution in [0, 0.1) is 6.92 Å². The van der Waals surface area contributed by atoms with E-state index in [0.717, 1.165) is 22.6 Å². The van der Waals surface area contributed by atoms with Gasteiger partial charge in [-0.25, -0.2) is 13.4 Å². The Morgan fingerprint density at radius 1 is 1.02 bits per heavy atom. The highest BCUT2D eigenvalue weighted by molar-refractivity contribution is 7.91. The Labute approximate surface area is 262 Å². The van der Waals surface area contributed by atoms with Crippen molar-refractivity contribution in [2.45, 2.75) is 38.4 Å². The summed E-state index contributed by atoms with van der Waals surface area (Å²) in [5, 5.41) is 9.04. The Kier molecular flexibility index (Phi) is 10.1. The summed E-state index contributed by atoms with van der Waals surface area (Å²) in [6, 6.07) is 23.5.